The molecule has 2 rings (SSSR count). The second kappa shape index (κ2) is 7.41. The van der Waals surface area contributed by atoms with Crippen molar-refractivity contribution in [3.8, 4) is 11.8 Å². The van der Waals surface area contributed by atoms with Crippen LogP contribution in [0.15, 0.2) is 42.5 Å². The fourth-order valence-corrected chi connectivity index (χ4v) is 1.96. The number of halogens is 1. The first-order chi connectivity index (χ1) is 11.0. The molecule has 0 saturated heterocycles. The van der Waals surface area contributed by atoms with Crippen LogP contribution in [0.1, 0.15) is 18.1 Å². The lowest BCUT2D eigenvalue weighted by atomic mass is 10.1. The van der Waals surface area contributed by atoms with Gasteiger partial charge in [-0.15, -0.1) is 0 Å². The van der Waals surface area contributed by atoms with E-state index < -0.39 is 0 Å². The van der Waals surface area contributed by atoms with E-state index in [1.54, 1.807) is 25.1 Å². The number of aryl methyl sites for hydroxylation is 1. The summed E-state index contributed by atoms with van der Waals surface area (Å²) in [6.07, 6.45) is 0. The molecule has 5 heteroatoms. The highest BCUT2D eigenvalue weighted by Gasteiger charge is 2.14. The van der Waals surface area contributed by atoms with Crippen LogP contribution in [0.4, 0.5) is 10.1 Å². The van der Waals surface area contributed by atoms with Crippen molar-refractivity contribution >= 4 is 11.6 Å². The van der Waals surface area contributed by atoms with Crippen molar-refractivity contribution < 1.29 is 13.9 Å². The summed E-state index contributed by atoms with van der Waals surface area (Å²) in [6, 6.07) is 12.8. The minimum atomic E-state index is -0.379. The molecular formula is C18H17FN2O2. The minimum Gasteiger partial charge on any atom is -0.493 e. The summed E-state index contributed by atoms with van der Waals surface area (Å²) in [5, 5.41) is 11.7. The zero-order chi connectivity index (χ0) is 16.8. The van der Waals surface area contributed by atoms with Crippen molar-refractivity contribution in [1.29, 1.82) is 5.26 Å². The predicted octanol–water partition coefficient (Wildman–Crippen LogP) is 3.66. The molecule has 1 unspecified atom stereocenters. The van der Waals surface area contributed by atoms with Crippen LogP contribution in [0.2, 0.25) is 0 Å². The van der Waals surface area contributed by atoms with Gasteiger partial charge in [0.1, 0.15) is 11.6 Å². The Bertz CT molecular complexity index is 736. The van der Waals surface area contributed by atoms with Crippen LogP contribution in [0.5, 0.6) is 5.75 Å². The van der Waals surface area contributed by atoms with Gasteiger partial charge in [0.15, 0.2) is 0 Å². The average Bonchev–Trinajstić information content (AvgIpc) is 2.54. The Kier molecular flexibility index (Phi) is 5.32. The van der Waals surface area contributed by atoms with Crippen molar-refractivity contribution in [2.75, 3.05) is 11.9 Å². The van der Waals surface area contributed by atoms with Gasteiger partial charge in [0.05, 0.1) is 24.2 Å². The molecule has 0 aliphatic rings. The summed E-state index contributed by atoms with van der Waals surface area (Å²) in [6.45, 7) is 3.75. The smallest absolute Gasteiger partial charge is 0.230 e. The highest BCUT2D eigenvalue weighted by atomic mass is 19.1. The number of amides is 1. The zero-order valence-corrected chi connectivity index (χ0v) is 13.0. The van der Waals surface area contributed by atoms with Gasteiger partial charge in [-0.1, -0.05) is 6.92 Å². The van der Waals surface area contributed by atoms with Crippen LogP contribution in [-0.4, -0.2) is 12.5 Å². The molecule has 0 aliphatic heterocycles. The molecular weight excluding hydrogens is 295 g/mol. The lowest BCUT2D eigenvalue weighted by Gasteiger charge is -2.14. The van der Waals surface area contributed by atoms with Gasteiger partial charge in [-0.3, -0.25) is 4.79 Å². The molecule has 1 N–H and O–H groups in total. The number of anilines is 1. The zero-order valence-electron chi connectivity index (χ0n) is 13.0. The van der Waals surface area contributed by atoms with Crippen molar-refractivity contribution in [2.24, 2.45) is 5.92 Å². The topological polar surface area (TPSA) is 62.1 Å². The number of carbonyl (C=O) groups is 1. The molecule has 0 aliphatic carbocycles. The van der Waals surface area contributed by atoms with Crippen molar-refractivity contribution in [2.45, 2.75) is 13.8 Å². The average molecular weight is 312 g/mol. The van der Waals surface area contributed by atoms with E-state index in [0.29, 0.717) is 17.0 Å². The monoisotopic (exact) mass is 312 g/mol. The van der Waals surface area contributed by atoms with Gasteiger partial charge >= 0.3 is 0 Å². The van der Waals surface area contributed by atoms with Gasteiger partial charge in [-0.2, -0.15) is 5.26 Å². The summed E-state index contributed by atoms with van der Waals surface area (Å²) >= 11 is 0. The Hall–Kier alpha value is -2.87. The summed E-state index contributed by atoms with van der Waals surface area (Å²) in [7, 11) is 0. The lowest BCUT2D eigenvalue weighted by Crippen LogP contribution is -2.25. The first-order valence-electron chi connectivity index (χ1n) is 7.19. The van der Waals surface area contributed by atoms with E-state index in [1.807, 2.05) is 6.92 Å². The first-order valence-corrected chi connectivity index (χ1v) is 7.19. The molecule has 0 radical (unpaired) electrons. The standard InChI is InChI=1S/C18H17FN2O2/c1-12-9-16(6-3-14(12)10-20)21-18(22)13(2)11-23-17-7-4-15(19)5-8-17/h3-9,13H,11H2,1-2H3,(H,21,22). The van der Waals surface area contributed by atoms with Crippen molar-refractivity contribution in [3.05, 3.63) is 59.4 Å². The number of hydrogen-bond acceptors (Lipinski definition) is 3. The largest absolute Gasteiger partial charge is 0.493 e. The second-order valence-corrected chi connectivity index (χ2v) is 5.30. The molecule has 118 valence electrons. The van der Waals surface area contributed by atoms with Gasteiger partial charge in [0, 0.05) is 5.69 Å². The highest BCUT2D eigenvalue weighted by Crippen LogP contribution is 2.16. The molecule has 0 bridgehead atoms. The van der Waals surface area contributed by atoms with Crippen LogP contribution >= 0.6 is 0 Å². The predicted molar refractivity (Wildman–Crippen MR) is 85.6 cm³/mol. The Morgan fingerprint density at radius 3 is 2.61 bits per heavy atom. The van der Waals surface area contributed by atoms with Gasteiger partial charge < -0.3 is 10.1 Å². The van der Waals surface area contributed by atoms with Crippen molar-refractivity contribution in [1.82, 2.24) is 0 Å². The molecule has 0 saturated carbocycles. The molecule has 4 nitrogen and oxygen atoms in total. The van der Waals surface area contributed by atoms with E-state index >= 15 is 0 Å². The summed E-state index contributed by atoms with van der Waals surface area (Å²) in [5.41, 5.74) is 2.02. The van der Waals surface area contributed by atoms with Gasteiger partial charge in [-0.25, -0.2) is 4.39 Å². The maximum absolute atomic E-state index is 12.8. The molecule has 0 spiro atoms. The molecule has 2 aromatic rings. The molecule has 0 fully saturated rings. The fourth-order valence-electron chi connectivity index (χ4n) is 1.96. The highest BCUT2D eigenvalue weighted by molar-refractivity contribution is 5.92. The number of rotatable bonds is 5. The fraction of sp³-hybridized carbons (Fsp3) is 0.222. The Morgan fingerprint density at radius 2 is 2.00 bits per heavy atom. The summed E-state index contributed by atoms with van der Waals surface area (Å²) < 4.78 is 18.3. The van der Waals surface area contributed by atoms with E-state index in [4.69, 9.17) is 10.00 Å². The molecule has 23 heavy (non-hydrogen) atoms. The SMILES string of the molecule is Cc1cc(NC(=O)C(C)COc2ccc(F)cc2)ccc1C#N. The molecule has 0 aromatic heterocycles. The van der Waals surface area contributed by atoms with Crippen LogP contribution in [0.25, 0.3) is 0 Å². The van der Waals surface area contributed by atoms with Gasteiger partial charge in [0.2, 0.25) is 5.91 Å². The quantitative estimate of drug-likeness (QED) is 0.916. The van der Waals surface area contributed by atoms with Crippen LogP contribution < -0.4 is 10.1 Å². The third kappa shape index (κ3) is 4.55. The number of benzene rings is 2. The minimum absolute atomic E-state index is 0.184. The normalized spacial score (nSPS) is 11.4. The first kappa shape index (κ1) is 16.5. The molecule has 0 heterocycles. The number of hydrogen-bond donors (Lipinski definition) is 1. The number of nitrogens with zero attached hydrogens (tertiary/aromatic N) is 1. The molecule has 2 aromatic carbocycles. The lowest BCUT2D eigenvalue weighted by molar-refractivity contribution is -0.120. The van der Waals surface area contributed by atoms with Gasteiger partial charge in [0.25, 0.3) is 0 Å². The Morgan fingerprint density at radius 1 is 1.30 bits per heavy atom. The Balaban J connectivity index is 1.91. The molecule has 1 amide bonds. The number of carbonyl (C=O) groups excluding carboxylic acids is 1. The van der Waals surface area contributed by atoms with Crippen LogP contribution in [-0.2, 0) is 4.79 Å². The summed E-state index contributed by atoms with van der Waals surface area (Å²) in [4.78, 5) is 12.1. The third-order valence-corrected chi connectivity index (χ3v) is 3.38. The van der Waals surface area contributed by atoms with E-state index in [-0.39, 0.29) is 24.2 Å². The maximum atomic E-state index is 12.8. The van der Waals surface area contributed by atoms with E-state index in [0.717, 1.165) is 5.56 Å². The van der Waals surface area contributed by atoms with E-state index in [9.17, 15) is 9.18 Å². The van der Waals surface area contributed by atoms with E-state index in [1.165, 1.54) is 24.3 Å². The maximum Gasteiger partial charge on any atom is 0.230 e. The Labute approximate surface area is 134 Å². The number of nitriles is 1. The number of nitrogens with one attached hydrogen (secondary N) is 1. The van der Waals surface area contributed by atoms with E-state index in [2.05, 4.69) is 11.4 Å². The van der Waals surface area contributed by atoms with Crippen molar-refractivity contribution in [3.63, 3.8) is 0 Å². The van der Waals surface area contributed by atoms with Crippen LogP contribution in [0.3, 0.4) is 0 Å². The third-order valence-electron chi connectivity index (χ3n) is 3.38. The van der Waals surface area contributed by atoms with Gasteiger partial charge in [-0.05, 0) is 55.0 Å². The van der Waals surface area contributed by atoms with Crippen LogP contribution in [0, 0.1) is 30.0 Å². The summed E-state index contributed by atoms with van der Waals surface area (Å²) in [5.74, 6) is -0.383. The number of ether oxygens (including phenoxy) is 1. The molecule has 1 atom stereocenters. The second-order valence-electron chi connectivity index (χ2n) is 5.30.